The molecule has 1 heterocycles. The van der Waals surface area contributed by atoms with Crippen LogP contribution in [0.5, 0.6) is 0 Å². The van der Waals surface area contributed by atoms with Crippen molar-refractivity contribution in [2.45, 2.75) is 76.7 Å². The summed E-state index contributed by atoms with van der Waals surface area (Å²) in [4.78, 5) is 0. The number of hydrogen-bond donors (Lipinski definition) is 1. The molecule has 0 aromatic rings. The van der Waals surface area contributed by atoms with Gasteiger partial charge < -0.3 is 10.1 Å². The fraction of sp³-hybridized carbons (Fsp3) is 1.00. The molecule has 0 spiro atoms. The summed E-state index contributed by atoms with van der Waals surface area (Å²) < 4.78 is 5.90. The van der Waals surface area contributed by atoms with Crippen molar-refractivity contribution in [3.05, 3.63) is 0 Å². The normalized spacial score (nSPS) is 35.1. The first-order valence-electron chi connectivity index (χ1n) is 7.23. The van der Waals surface area contributed by atoms with E-state index in [1.165, 1.54) is 50.0 Å². The van der Waals surface area contributed by atoms with Gasteiger partial charge in [0, 0.05) is 17.8 Å². The molecule has 2 aliphatic rings. The molecule has 17 heavy (non-hydrogen) atoms. The summed E-state index contributed by atoms with van der Waals surface area (Å²) in [5, 5.41) is 3.86. The zero-order valence-electron chi connectivity index (χ0n) is 11.3. The van der Waals surface area contributed by atoms with Crippen LogP contribution in [-0.4, -0.2) is 35.8 Å². The zero-order chi connectivity index (χ0) is 12.1. The van der Waals surface area contributed by atoms with Gasteiger partial charge in [-0.2, -0.15) is 11.8 Å². The van der Waals surface area contributed by atoms with E-state index in [1.807, 2.05) is 0 Å². The third-order valence-corrected chi connectivity index (χ3v) is 4.99. The van der Waals surface area contributed by atoms with Crippen LogP contribution in [0.4, 0.5) is 0 Å². The van der Waals surface area contributed by atoms with Gasteiger partial charge in [-0.05, 0) is 58.1 Å². The maximum Gasteiger partial charge on any atom is 0.0579 e. The fourth-order valence-electron chi connectivity index (χ4n) is 2.96. The van der Waals surface area contributed by atoms with Gasteiger partial charge in [-0.25, -0.2) is 0 Å². The topological polar surface area (TPSA) is 21.3 Å². The third kappa shape index (κ3) is 4.80. The molecule has 3 heteroatoms. The lowest BCUT2D eigenvalue weighted by Gasteiger charge is -2.34. The van der Waals surface area contributed by atoms with Crippen LogP contribution in [0.1, 0.15) is 52.4 Å². The first-order chi connectivity index (χ1) is 8.24. The molecule has 0 bridgehead atoms. The van der Waals surface area contributed by atoms with Gasteiger partial charge in [0.05, 0.1) is 12.2 Å². The molecule has 1 saturated carbocycles. The Labute approximate surface area is 110 Å². The highest BCUT2D eigenvalue weighted by atomic mass is 32.2. The Bertz CT molecular complexity index is 208. The van der Waals surface area contributed by atoms with Crippen LogP contribution in [0, 0.1) is 0 Å². The van der Waals surface area contributed by atoms with E-state index in [1.54, 1.807) is 0 Å². The smallest absolute Gasteiger partial charge is 0.0579 e. The maximum absolute atomic E-state index is 5.90. The molecule has 100 valence electrons. The number of nitrogens with one attached hydrogen (secondary N) is 1. The lowest BCUT2D eigenvalue weighted by Crippen LogP contribution is -2.44. The average Bonchev–Trinajstić information content (AvgIpc) is 2.32. The zero-order valence-corrected chi connectivity index (χ0v) is 12.1. The molecule has 1 aliphatic heterocycles. The van der Waals surface area contributed by atoms with E-state index < -0.39 is 0 Å². The van der Waals surface area contributed by atoms with E-state index >= 15 is 0 Å². The number of thioether (sulfide) groups is 1. The van der Waals surface area contributed by atoms with Crippen molar-refractivity contribution < 1.29 is 4.74 Å². The minimum atomic E-state index is 0.388. The number of ether oxygens (including phenoxy) is 1. The van der Waals surface area contributed by atoms with Gasteiger partial charge in [0.25, 0.3) is 0 Å². The van der Waals surface area contributed by atoms with E-state index in [-0.39, 0.29) is 0 Å². The SMILES string of the molecule is CC(C)OC1CCC(NC2CCCSC2)CC1. The first kappa shape index (κ1) is 13.7. The van der Waals surface area contributed by atoms with Crippen molar-refractivity contribution in [1.29, 1.82) is 0 Å². The van der Waals surface area contributed by atoms with Gasteiger partial charge in [-0.1, -0.05) is 0 Å². The molecule has 0 aromatic heterocycles. The summed E-state index contributed by atoms with van der Waals surface area (Å²) in [6, 6.07) is 1.53. The second-order valence-electron chi connectivity index (χ2n) is 5.74. The van der Waals surface area contributed by atoms with Crippen LogP contribution in [-0.2, 0) is 4.74 Å². The van der Waals surface area contributed by atoms with Crippen molar-refractivity contribution in [2.75, 3.05) is 11.5 Å². The quantitative estimate of drug-likeness (QED) is 0.835. The van der Waals surface area contributed by atoms with Crippen molar-refractivity contribution in [1.82, 2.24) is 5.32 Å². The molecular weight excluding hydrogens is 230 g/mol. The predicted octanol–water partition coefficient (Wildman–Crippen LogP) is 3.21. The molecule has 1 aliphatic carbocycles. The third-order valence-electron chi connectivity index (χ3n) is 3.77. The molecule has 1 unspecified atom stereocenters. The van der Waals surface area contributed by atoms with Crippen LogP contribution in [0.3, 0.4) is 0 Å². The monoisotopic (exact) mass is 257 g/mol. The lowest BCUT2D eigenvalue weighted by atomic mass is 9.92. The van der Waals surface area contributed by atoms with Crippen LogP contribution < -0.4 is 5.32 Å². The molecule has 2 rings (SSSR count). The standard InChI is InChI=1S/C14H27NOS/c1-11(2)16-14-7-5-12(6-8-14)15-13-4-3-9-17-10-13/h11-15H,3-10H2,1-2H3. The minimum Gasteiger partial charge on any atom is -0.376 e. The Balaban J connectivity index is 1.64. The van der Waals surface area contributed by atoms with E-state index in [4.69, 9.17) is 4.74 Å². The van der Waals surface area contributed by atoms with Crippen LogP contribution in [0.15, 0.2) is 0 Å². The van der Waals surface area contributed by atoms with Crippen LogP contribution in [0.2, 0.25) is 0 Å². The molecule has 2 fully saturated rings. The summed E-state index contributed by atoms with van der Waals surface area (Å²) in [7, 11) is 0. The average molecular weight is 257 g/mol. The second-order valence-corrected chi connectivity index (χ2v) is 6.89. The molecule has 0 amide bonds. The van der Waals surface area contributed by atoms with Crippen LogP contribution >= 0.6 is 11.8 Å². The van der Waals surface area contributed by atoms with Crippen molar-refractivity contribution >= 4 is 11.8 Å². The van der Waals surface area contributed by atoms with Gasteiger partial charge in [-0.3, -0.25) is 0 Å². The molecule has 1 N–H and O–H groups in total. The van der Waals surface area contributed by atoms with E-state index in [0.29, 0.717) is 12.2 Å². The predicted molar refractivity (Wildman–Crippen MR) is 75.7 cm³/mol. The van der Waals surface area contributed by atoms with Gasteiger partial charge in [0.2, 0.25) is 0 Å². The number of hydrogen-bond acceptors (Lipinski definition) is 3. The Morgan fingerprint density at radius 1 is 1.06 bits per heavy atom. The van der Waals surface area contributed by atoms with Gasteiger partial charge >= 0.3 is 0 Å². The highest BCUT2D eigenvalue weighted by Crippen LogP contribution is 2.24. The summed E-state index contributed by atoms with van der Waals surface area (Å²) >= 11 is 2.11. The maximum atomic E-state index is 5.90. The Morgan fingerprint density at radius 2 is 1.82 bits per heavy atom. The summed E-state index contributed by atoms with van der Waals surface area (Å²) in [6.07, 6.45) is 8.79. The fourth-order valence-corrected chi connectivity index (χ4v) is 4.04. The Kier molecular flexibility index (Phi) is 5.64. The summed E-state index contributed by atoms with van der Waals surface area (Å²) in [5.41, 5.74) is 0. The molecule has 1 atom stereocenters. The largest absolute Gasteiger partial charge is 0.376 e. The van der Waals surface area contributed by atoms with Gasteiger partial charge in [0.1, 0.15) is 0 Å². The van der Waals surface area contributed by atoms with E-state index in [2.05, 4.69) is 30.9 Å². The van der Waals surface area contributed by atoms with Crippen molar-refractivity contribution in [3.8, 4) is 0 Å². The van der Waals surface area contributed by atoms with E-state index in [0.717, 1.165) is 12.1 Å². The minimum absolute atomic E-state index is 0.388. The highest BCUT2D eigenvalue weighted by Gasteiger charge is 2.24. The van der Waals surface area contributed by atoms with Crippen molar-refractivity contribution in [3.63, 3.8) is 0 Å². The molecule has 0 aromatic carbocycles. The Hall–Kier alpha value is 0.270. The molecule has 2 nitrogen and oxygen atoms in total. The molecule has 0 radical (unpaired) electrons. The summed E-state index contributed by atoms with van der Waals surface area (Å²) in [6.45, 7) is 4.28. The second kappa shape index (κ2) is 7.01. The van der Waals surface area contributed by atoms with Gasteiger partial charge in [0.15, 0.2) is 0 Å². The molecular formula is C14H27NOS. The summed E-state index contributed by atoms with van der Waals surface area (Å²) in [5.74, 6) is 2.69. The van der Waals surface area contributed by atoms with Crippen molar-refractivity contribution in [2.24, 2.45) is 0 Å². The van der Waals surface area contributed by atoms with Gasteiger partial charge in [-0.15, -0.1) is 0 Å². The highest BCUT2D eigenvalue weighted by molar-refractivity contribution is 7.99. The first-order valence-corrected chi connectivity index (χ1v) is 8.38. The Morgan fingerprint density at radius 3 is 2.41 bits per heavy atom. The lowest BCUT2D eigenvalue weighted by molar-refractivity contribution is -0.0166. The van der Waals surface area contributed by atoms with Crippen LogP contribution in [0.25, 0.3) is 0 Å². The number of rotatable bonds is 4. The molecule has 1 saturated heterocycles. The van der Waals surface area contributed by atoms with E-state index in [9.17, 15) is 0 Å².